The van der Waals surface area contributed by atoms with Crippen molar-refractivity contribution in [3.05, 3.63) is 24.3 Å². The Kier molecular flexibility index (Phi) is 10.3. The number of hydrogen-bond donors (Lipinski definition) is 1. The summed E-state index contributed by atoms with van der Waals surface area (Å²) in [6, 6.07) is 0. The van der Waals surface area contributed by atoms with E-state index in [0.717, 1.165) is 6.42 Å². The van der Waals surface area contributed by atoms with E-state index < -0.39 is 0 Å². The first-order chi connectivity index (χ1) is 7.27. The Morgan fingerprint density at radius 2 is 1.87 bits per heavy atom. The average molecular weight is 209 g/mol. The molecule has 0 aliphatic heterocycles. The first-order valence-corrected chi connectivity index (χ1v) is 5.83. The first-order valence-electron chi connectivity index (χ1n) is 5.83. The van der Waals surface area contributed by atoms with Crippen LogP contribution >= 0.6 is 0 Å². The van der Waals surface area contributed by atoms with Gasteiger partial charge in [0.15, 0.2) is 0 Å². The number of carbonyl (C=O) groups excluding carboxylic acids is 1. The van der Waals surface area contributed by atoms with E-state index in [9.17, 15) is 4.79 Å². The zero-order valence-electron chi connectivity index (χ0n) is 9.96. The van der Waals surface area contributed by atoms with E-state index >= 15 is 0 Å². The van der Waals surface area contributed by atoms with E-state index in [1.54, 1.807) is 0 Å². The van der Waals surface area contributed by atoms with Crippen LogP contribution in [0.1, 0.15) is 46.0 Å². The molecule has 0 aromatic carbocycles. The third-order valence-electron chi connectivity index (χ3n) is 2.08. The molecule has 0 aliphatic carbocycles. The van der Waals surface area contributed by atoms with Crippen LogP contribution in [0.2, 0.25) is 0 Å². The van der Waals surface area contributed by atoms with Crippen LogP contribution in [0.15, 0.2) is 24.3 Å². The maximum absolute atomic E-state index is 10.5. The molecule has 0 fully saturated rings. The van der Waals surface area contributed by atoms with Gasteiger partial charge in [0.2, 0.25) is 5.91 Å². The van der Waals surface area contributed by atoms with Gasteiger partial charge in [-0.1, -0.05) is 50.5 Å². The monoisotopic (exact) mass is 209 g/mol. The highest BCUT2D eigenvalue weighted by Gasteiger charge is 1.84. The van der Waals surface area contributed by atoms with Crippen LogP contribution in [0, 0.1) is 0 Å². The molecule has 0 aromatic rings. The Bertz CT molecular complexity index is 207. The number of allylic oxidation sites excluding steroid dienone is 3. The molecule has 86 valence electrons. The maximum atomic E-state index is 10.5. The Balaban J connectivity index is 3.26. The van der Waals surface area contributed by atoms with Gasteiger partial charge in [0, 0.05) is 13.5 Å². The molecule has 2 heteroatoms. The summed E-state index contributed by atoms with van der Waals surface area (Å²) in [7, 11) is 0. The minimum atomic E-state index is 0.0168. The van der Waals surface area contributed by atoms with E-state index in [1.165, 1.54) is 32.6 Å². The van der Waals surface area contributed by atoms with Crippen molar-refractivity contribution in [1.29, 1.82) is 0 Å². The standard InChI is InChI=1S/C13H23NO/c1-3-4-5-6-7-8-9-10-11-12-14-13(2)15/h8-11H,3-7,12H2,1-2H3,(H,14,15). The third kappa shape index (κ3) is 12.9. The molecule has 1 N–H and O–H groups in total. The fraction of sp³-hybridized carbons (Fsp3) is 0.615. The van der Waals surface area contributed by atoms with Gasteiger partial charge in [-0.15, -0.1) is 0 Å². The largest absolute Gasteiger partial charge is 0.353 e. The molecule has 0 aromatic heterocycles. The highest BCUT2D eigenvalue weighted by Crippen LogP contribution is 2.02. The zero-order chi connectivity index (χ0) is 11.4. The summed E-state index contributed by atoms with van der Waals surface area (Å²) >= 11 is 0. The maximum Gasteiger partial charge on any atom is 0.217 e. The van der Waals surface area contributed by atoms with E-state index in [0.29, 0.717) is 6.54 Å². The lowest BCUT2D eigenvalue weighted by Crippen LogP contribution is -2.19. The Morgan fingerprint density at radius 3 is 2.53 bits per heavy atom. The third-order valence-corrected chi connectivity index (χ3v) is 2.08. The lowest BCUT2D eigenvalue weighted by molar-refractivity contribution is -0.118. The number of rotatable bonds is 8. The molecule has 0 saturated heterocycles. The molecule has 2 nitrogen and oxygen atoms in total. The molecule has 15 heavy (non-hydrogen) atoms. The van der Waals surface area contributed by atoms with Crippen LogP contribution in [0.5, 0.6) is 0 Å². The highest BCUT2D eigenvalue weighted by atomic mass is 16.1. The normalized spacial score (nSPS) is 11.3. The molecule has 0 bridgehead atoms. The van der Waals surface area contributed by atoms with Crippen molar-refractivity contribution < 1.29 is 4.79 Å². The van der Waals surface area contributed by atoms with Crippen LogP contribution in [-0.4, -0.2) is 12.5 Å². The van der Waals surface area contributed by atoms with Crippen molar-refractivity contribution >= 4 is 5.91 Å². The molecule has 0 aliphatic rings. The molecule has 0 saturated carbocycles. The average Bonchev–Trinajstić information content (AvgIpc) is 2.20. The second-order valence-electron chi connectivity index (χ2n) is 3.64. The lowest BCUT2D eigenvalue weighted by atomic mass is 10.1. The molecule has 0 heterocycles. The van der Waals surface area contributed by atoms with Gasteiger partial charge in [-0.25, -0.2) is 0 Å². The minimum Gasteiger partial charge on any atom is -0.353 e. The number of carbonyl (C=O) groups is 1. The first kappa shape index (κ1) is 13.9. The van der Waals surface area contributed by atoms with Crippen molar-refractivity contribution in [1.82, 2.24) is 5.32 Å². The lowest BCUT2D eigenvalue weighted by Gasteiger charge is -1.93. The van der Waals surface area contributed by atoms with Gasteiger partial charge in [-0.05, 0) is 12.8 Å². The molecule has 1 amide bonds. The predicted octanol–water partition coefficient (Wildman–Crippen LogP) is 3.21. The predicted molar refractivity (Wildman–Crippen MR) is 65.7 cm³/mol. The number of nitrogens with one attached hydrogen (secondary N) is 1. The van der Waals surface area contributed by atoms with Crippen LogP contribution in [0.3, 0.4) is 0 Å². The van der Waals surface area contributed by atoms with Crippen LogP contribution < -0.4 is 5.32 Å². The zero-order valence-corrected chi connectivity index (χ0v) is 9.96. The number of unbranched alkanes of at least 4 members (excludes halogenated alkanes) is 4. The summed E-state index contributed by atoms with van der Waals surface area (Å²) in [5.41, 5.74) is 0. The van der Waals surface area contributed by atoms with Crippen molar-refractivity contribution in [2.24, 2.45) is 0 Å². The van der Waals surface area contributed by atoms with Gasteiger partial charge >= 0.3 is 0 Å². The van der Waals surface area contributed by atoms with Crippen molar-refractivity contribution in [2.45, 2.75) is 46.0 Å². The Labute approximate surface area is 93.5 Å². The van der Waals surface area contributed by atoms with Gasteiger partial charge < -0.3 is 5.32 Å². The summed E-state index contributed by atoms with van der Waals surface area (Å²) in [6.07, 6.45) is 14.6. The molecular formula is C13H23NO. The highest BCUT2D eigenvalue weighted by molar-refractivity contribution is 5.72. The minimum absolute atomic E-state index is 0.0168. The molecular weight excluding hydrogens is 186 g/mol. The van der Waals surface area contributed by atoms with Gasteiger partial charge in [0.25, 0.3) is 0 Å². The van der Waals surface area contributed by atoms with Crippen LogP contribution in [-0.2, 0) is 4.79 Å². The SMILES string of the molecule is CCCCCCC=CC=CCNC(C)=O. The van der Waals surface area contributed by atoms with Crippen molar-refractivity contribution in [3.63, 3.8) is 0 Å². The second-order valence-corrected chi connectivity index (χ2v) is 3.64. The van der Waals surface area contributed by atoms with Crippen LogP contribution in [0.4, 0.5) is 0 Å². The van der Waals surface area contributed by atoms with Gasteiger partial charge in [-0.2, -0.15) is 0 Å². The number of hydrogen-bond acceptors (Lipinski definition) is 1. The molecule has 0 unspecified atom stereocenters. The van der Waals surface area contributed by atoms with Crippen molar-refractivity contribution in [2.75, 3.05) is 6.54 Å². The molecule has 0 radical (unpaired) electrons. The van der Waals surface area contributed by atoms with E-state index in [4.69, 9.17) is 0 Å². The Hall–Kier alpha value is -1.05. The summed E-state index contributed by atoms with van der Waals surface area (Å²) in [4.78, 5) is 10.5. The quantitative estimate of drug-likeness (QED) is 0.482. The van der Waals surface area contributed by atoms with E-state index in [-0.39, 0.29) is 5.91 Å². The Morgan fingerprint density at radius 1 is 1.13 bits per heavy atom. The van der Waals surface area contributed by atoms with Gasteiger partial charge in [0.05, 0.1) is 0 Å². The van der Waals surface area contributed by atoms with Gasteiger partial charge in [0.1, 0.15) is 0 Å². The summed E-state index contributed by atoms with van der Waals surface area (Å²) in [5, 5.41) is 2.70. The topological polar surface area (TPSA) is 29.1 Å². The fourth-order valence-corrected chi connectivity index (χ4v) is 1.21. The van der Waals surface area contributed by atoms with E-state index in [2.05, 4.69) is 18.3 Å². The van der Waals surface area contributed by atoms with Gasteiger partial charge in [-0.3, -0.25) is 4.79 Å². The second kappa shape index (κ2) is 11.0. The van der Waals surface area contributed by atoms with Crippen molar-refractivity contribution in [3.8, 4) is 0 Å². The van der Waals surface area contributed by atoms with Crippen LogP contribution in [0.25, 0.3) is 0 Å². The fourth-order valence-electron chi connectivity index (χ4n) is 1.21. The van der Waals surface area contributed by atoms with E-state index in [1.807, 2.05) is 18.2 Å². The summed E-state index contributed by atoms with van der Waals surface area (Å²) < 4.78 is 0. The molecule has 0 spiro atoms. The molecule has 0 rings (SSSR count). The smallest absolute Gasteiger partial charge is 0.217 e. The summed E-state index contributed by atoms with van der Waals surface area (Å²) in [5.74, 6) is 0.0168. The summed E-state index contributed by atoms with van der Waals surface area (Å²) in [6.45, 7) is 4.37. The number of amides is 1. The molecule has 0 atom stereocenters.